The van der Waals surface area contributed by atoms with E-state index in [0.29, 0.717) is 5.16 Å². The molecule has 6 heteroatoms. The van der Waals surface area contributed by atoms with E-state index in [2.05, 4.69) is 9.97 Å². The van der Waals surface area contributed by atoms with Crippen LogP contribution in [0.2, 0.25) is 0 Å². The summed E-state index contributed by atoms with van der Waals surface area (Å²) in [6.45, 7) is 5.37. The molecule has 0 amide bonds. The van der Waals surface area contributed by atoms with Crippen molar-refractivity contribution in [1.82, 2.24) is 9.97 Å². The van der Waals surface area contributed by atoms with Gasteiger partial charge in [-0.15, -0.1) is 0 Å². The van der Waals surface area contributed by atoms with Crippen LogP contribution in [0.5, 0.6) is 0 Å². The number of nitrogen functional groups attached to an aromatic ring is 1. The maximum atomic E-state index is 11.7. The van der Waals surface area contributed by atoms with Gasteiger partial charge in [-0.2, -0.15) is 0 Å². The molecule has 0 saturated heterocycles. The van der Waals surface area contributed by atoms with Crippen LogP contribution in [-0.2, 0) is 4.74 Å². The quantitative estimate of drug-likeness (QED) is 0.482. The lowest BCUT2D eigenvalue weighted by atomic mass is 10.2. The molecular formula is C10H15N3O2S. The Labute approximate surface area is 98.8 Å². The zero-order valence-electron chi connectivity index (χ0n) is 9.77. The summed E-state index contributed by atoms with van der Waals surface area (Å²) in [4.78, 5) is 19.7. The Morgan fingerprint density at radius 1 is 1.50 bits per heavy atom. The number of carbonyl (C=O) groups is 1. The molecule has 0 saturated carbocycles. The molecule has 0 aromatic carbocycles. The molecule has 1 aromatic rings. The van der Waals surface area contributed by atoms with Crippen LogP contribution in [0.1, 0.15) is 31.3 Å². The van der Waals surface area contributed by atoms with E-state index >= 15 is 0 Å². The molecule has 0 aliphatic heterocycles. The van der Waals surface area contributed by atoms with Crippen LogP contribution in [0.4, 0.5) is 5.69 Å². The van der Waals surface area contributed by atoms with Crippen LogP contribution in [0, 0.1) is 0 Å². The van der Waals surface area contributed by atoms with Gasteiger partial charge in [0.25, 0.3) is 0 Å². The molecule has 1 rings (SSSR count). The molecule has 0 radical (unpaired) electrons. The zero-order chi connectivity index (χ0) is 12.3. The zero-order valence-corrected chi connectivity index (χ0v) is 10.6. The molecule has 0 bridgehead atoms. The van der Waals surface area contributed by atoms with Gasteiger partial charge in [-0.25, -0.2) is 14.8 Å². The second-order valence-electron chi connectivity index (χ2n) is 4.16. The molecule has 5 nitrogen and oxygen atoms in total. The van der Waals surface area contributed by atoms with E-state index in [1.807, 2.05) is 6.26 Å². The third-order valence-electron chi connectivity index (χ3n) is 1.57. The van der Waals surface area contributed by atoms with Gasteiger partial charge < -0.3 is 10.5 Å². The fourth-order valence-corrected chi connectivity index (χ4v) is 1.30. The standard InChI is InChI=1S/C10H15N3O2S/c1-10(2,3)15-8(14)7-6(11)5-12-9(13-7)16-4/h5H,11H2,1-4H3. The highest BCUT2D eigenvalue weighted by atomic mass is 32.2. The Balaban J connectivity index is 2.98. The maximum absolute atomic E-state index is 11.7. The SMILES string of the molecule is CSc1ncc(N)c(C(=O)OC(C)(C)C)n1. The third kappa shape index (κ3) is 3.37. The van der Waals surface area contributed by atoms with E-state index in [-0.39, 0.29) is 11.4 Å². The number of esters is 1. The van der Waals surface area contributed by atoms with E-state index in [0.717, 1.165) is 0 Å². The average Bonchev–Trinajstić information content (AvgIpc) is 2.15. The van der Waals surface area contributed by atoms with Crippen molar-refractivity contribution in [2.24, 2.45) is 0 Å². The number of carbonyl (C=O) groups excluding carboxylic acids is 1. The van der Waals surface area contributed by atoms with Gasteiger partial charge in [0.2, 0.25) is 0 Å². The maximum Gasteiger partial charge on any atom is 0.359 e. The number of aromatic nitrogens is 2. The number of anilines is 1. The van der Waals surface area contributed by atoms with Crippen LogP contribution in [-0.4, -0.2) is 27.8 Å². The first-order valence-electron chi connectivity index (χ1n) is 4.73. The molecule has 1 heterocycles. The van der Waals surface area contributed by atoms with Crippen molar-refractivity contribution < 1.29 is 9.53 Å². The van der Waals surface area contributed by atoms with E-state index in [9.17, 15) is 4.79 Å². The molecule has 1 aromatic heterocycles. The first-order valence-corrected chi connectivity index (χ1v) is 5.96. The van der Waals surface area contributed by atoms with Gasteiger partial charge in [0.15, 0.2) is 10.9 Å². The Morgan fingerprint density at radius 2 is 2.12 bits per heavy atom. The number of thioether (sulfide) groups is 1. The van der Waals surface area contributed by atoms with Crippen LogP contribution in [0.25, 0.3) is 0 Å². The highest BCUT2D eigenvalue weighted by Crippen LogP contribution is 2.17. The second kappa shape index (κ2) is 4.69. The molecule has 0 spiro atoms. The number of nitrogens with two attached hydrogens (primary N) is 1. The topological polar surface area (TPSA) is 78.1 Å². The van der Waals surface area contributed by atoms with Crippen LogP contribution in [0.15, 0.2) is 11.4 Å². The van der Waals surface area contributed by atoms with E-state index in [1.54, 1.807) is 20.8 Å². The molecule has 2 N–H and O–H groups in total. The van der Waals surface area contributed by atoms with Crippen LogP contribution in [0.3, 0.4) is 0 Å². The Hall–Kier alpha value is -1.30. The van der Waals surface area contributed by atoms with Crippen LogP contribution >= 0.6 is 11.8 Å². The van der Waals surface area contributed by atoms with E-state index in [1.165, 1.54) is 18.0 Å². The molecule has 0 atom stereocenters. The molecule has 0 fully saturated rings. The summed E-state index contributed by atoms with van der Waals surface area (Å²) in [5.74, 6) is -0.525. The number of ether oxygens (including phenoxy) is 1. The van der Waals surface area contributed by atoms with Crippen molar-refractivity contribution in [3.63, 3.8) is 0 Å². The summed E-state index contributed by atoms with van der Waals surface area (Å²) in [5, 5.41) is 0.495. The van der Waals surface area contributed by atoms with Crippen molar-refractivity contribution in [1.29, 1.82) is 0 Å². The van der Waals surface area contributed by atoms with Crippen LogP contribution < -0.4 is 5.73 Å². The largest absolute Gasteiger partial charge is 0.455 e. The lowest BCUT2D eigenvalue weighted by Gasteiger charge is -2.19. The van der Waals surface area contributed by atoms with Gasteiger partial charge in [-0.3, -0.25) is 0 Å². The molecule has 0 aliphatic rings. The lowest BCUT2D eigenvalue weighted by Crippen LogP contribution is -2.25. The van der Waals surface area contributed by atoms with E-state index < -0.39 is 11.6 Å². The van der Waals surface area contributed by atoms with E-state index in [4.69, 9.17) is 10.5 Å². The minimum atomic E-state index is -0.562. The number of hydrogen-bond acceptors (Lipinski definition) is 6. The summed E-state index contributed by atoms with van der Waals surface area (Å²) in [6.07, 6.45) is 3.24. The van der Waals surface area contributed by atoms with Crippen molar-refractivity contribution in [3.05, 3.63) is 11.9 Å². The van der Waals surface area contributed by atoms with Crippen molar-refractivity contribution in [2.45, 2.75) is 31.5 Å². The summed E-state index contributed by atoms with van der Waals surface area (Å²) in [5.41, 5.74) is 5.42. The Morgan fingerprint density at radius 3 is 2.62 bits per heavy atom. The minimum Gasteiger partial charge on any atom is -0.455 e. The normalized spacial score (nSPS) is 11.2. The average molecular weight is 241 g/mol. The summed E-state index contributed by atoms with van der Waals surface area (Å²) < 4.78 is 5.19. The van der Waals surface area contributed by atoms with Gasteiger partial charge in [-0.1, -0.05) is 11.8 Å². The van der Waals surface area contributed by atoms with Gasteiger partial charge in [0.1, 0.15) is 5.60 Å². The molecule has 16 heavy (non-hydrogen) atoms. The second-order valence-corrected chi connectivity index (χ2v) is 4.94. The fourth-order valence-electron chi connectivity index (χ4n) is 0.963. The molecule has 0 unspecified atom stereocenters. The smallest absolute Gasteiger partial charge is 0.359 e. The monoisotopic (exact) mass is 241 g/mol. The minimum absolute atomic E-state index is 0.120. The highest BCUT2D eigenvalue weighted by molar-refractivity contribution is 7.98. The summed E-state index contributed by atoms with van der Waals surface area (Å²) in [7, 11) is 0. The first kappa shape index (κ1) is 12.8. The highest BCUT2D eigenvalue weighted by Gasteiger charge is 2.21. The van der Waals surface area contributed by atoms with Gasteiger partial charge in [0, 0.05) is 0 Å². The van der Waals surface area contributed by atoms with Crippen molar-refractivity contribution >= 4 is 23.4 Å². The number of rotatable bonds is 2. The third-order valence-corrected chi connectivity index (χ3v) is 2.13. The molecule has 88 valence electrons. The Kier molecular flexibility index (Phi) is 3.74. The number of nitrogens with zero attached hydrogens (tertiary/aromatic N) is 2. The predicted octanol–water partition coefficient (Wildman–Crippen LogP) is 1.74. The lowest BCUT2D eigenvalue weighted by molar-refractivity contribution is 0.00631. The Bertz CT molecular complexity index is 402. The van der Waals surface area contributed by atoms with Gasteiger partial charge in [-0.05, 0) is 27.0 Å². The summed E-state index contributed by atoms with van der Waals surface area (Å²) in [6, 6.07) is 0. The number of hydrogen-bond donors (Lipinski definition) is 1. The van der Waals surface area contributed by atoms with Crippen molar-refractivity contribution in [3.8, 4) is 0 Å². The van der Waals surface area contributed by atoms with Gasteiger partial charge >= 0.3 is 5.97 Å². The first-order chi connectivity index (χ1) is 7.33. The summed E-state index contributed by atoms with van der Waals surface area (Å²) >= 11 is 1.34. The fraction of sp³-hybridized carbons (Fsp3) is 0.500. The molecular weight excluding hydrogens is 226 g/mol. The van der Waals surface area contributed by atoms with Gasteiger partial charge in [0.05, 0.1) is 11.9 Å². The predicted molar refractivity (Wildman–Crippen MR) is 63.4 cm³/mol. The van der Waals surface area contributed by atoms with Crippen molar-refractivity contribution in [2.75, 3.05) is 12.0 Å². The molecule has 0 aliphatic carbocycles.